The van der Waals surface area contributed by atoms with Gasteiger partial charge in [-0.2, -0.15) is 0 Å². The molecule has 3 heteroatoms. The molecule has 1 amide bonds. The van der Waals surface area contributed by atoms with E-state index in [-0.39, 0.29) is 12.0 Å². The van der Waals surface area contributed by atoms with Gasteiger partial charge in [0.05, 0.1) is 5.54 Å². The summed E-state index contributed by atoms with van der Waals surface area (Å²) in [5.41, 5.74) is 8.84. The summed E-state index contributed by atoms with van der Waals surface area (Å²) in [6.07, 6.45) is 15.7. The molecule has 0 spiro atoms. The third-order valence-corrected chi connectivity index (χ3v) is 9.84. The molecule has 2 saturated carbocycles. The number of amides is 1. The van der Waals surface area contributed by atoms with E-state index in [1.54, 1.807) is 0 Å². The first-order valence-corrected chi connectivity index (χ1v) is 16.8. The Labute approximate surface area is 250 Å². The fraction of sp³-hybridized carbons (Fsp3) is 0.605. The average Bonchev–Trinajstić information content (AvgIpc) is 2.96. The second-order valence-electron chi connectivity index (χ2n) is 12.9. The number of aryl methyl sites for hydroxylation is 4. The Morgan fingerprint density at radius 3 is 2.05 bits per heavy atom. The van der Waals surface area contributed by atoms with E-state index in [9.17, 15) is 9.90 Å². The quantitative estimate of drug-likeness (QED) is 0.264. The minimum absolute atomic E-state index is 0.0617. The van der Waals surface area contributed by atoms with E-state index in [1.807, 2.05) is 4.90 Å². The van der Waals surface area contributed by atoms with Crippen LogP contribution in [-0.4, -0.2) is 22.1 Å². The fourth-order valence-corrected chi connectivity index (χ4v) is 8.12. The molecule has 224 valence electrons. The summed E-state index contributed by atoms with van der Waals surface area (Å²) < 4.78 is 0. The third kappa shape index (κ3) is 6.76. The first-order valence-electron chi connectivity index (χ1n) is 16.8. The van der Waals surface area contributed by atoms with Crippen molar-refractivity contribution in [3.63, 3.8) is 0 Å². The summed E-state index contributed by atoms with van der Waals surface area (Å²) in [6, 6.07) is 14.3. The van der Waals surface area contributed by atoms with Gasteiger partial charge >= 0.3 is 6.09 Å². The highest BCUT2D eigenvalue weighted by Gasteiger charge is 2.53. The number of carboxylic acid groups (broad SMARTS) is 1. The lowest BCUT2D eigenvalue weighted by atomic mass is 9.61. The van der Waals surface area contributed by atoms with Crippen LogP contribution in [0, 0.1) is 0 Å². The Morgan fingerprint density at radius 1 is 0.854 bits per heavy atom. The number of allylic oxidation sites excluding steroid dienone is 1. The maximum absolute atomic E-state index is 13.6. The van der Waals surface area contributed by atoms with Crippen LogP contribution >= 0.6 is 0 Å². The van der Waals surface area contributed by atoms with Crippen LogP contribution in [0.1, 0.15) is 144 Å². The molecule has 0 aliphatic heterocycles. The molecule has 0 radical (unpaired) electrons. The molecule has 2 aliphatic carbocycles. The fourth-order valence-electron chi connectivity index (χ4n) is 8.12. The third-order valence-electron chi connectivity index (χ3n) is 9.84. The Morgan fingerprint density at radius 2 is 1.44 bits per heavy atom. The molecule has 2 atom stereocenters. The van der Waals surface area contributed by atoms with Gasteiger partial charge in [-0.1, -0.05) is 121 Å². The van der Waals surface area contributed by atoms with Crippen molar-refractivity contribution in [3.8, 4) is 0 Å². The summed E-state index contributed by atoms with van der Waals surface area (Å²) in [6.45, 7) is 13.5. The Bertz CT molecular complexity index is 1180. The van der Waals surface area contributed by atoms with Gasteiger partial charge in [0, 0.05) is 12.0 Å². The molecular formula is C38H55NO2. The van der Waals surface area contributed by atoms with Gasteiger partial charge in [0.15, 0.2) is 0 Å². The lowest BCUT2D eigenvalue weighted by molar-refractivity contribution is -0.000840. The number of nitrogens with zero attached hydrogens (tertiary/aromatic N) is 1. The standard InChI is InChI=1S/C38H55NO2/c1-6-13-29-19-21-34(31(26-29)15-8-3)36-25-28(5)23-24-38(36,39(37(40)41)33-17-11-10-12-18-33)35-22-20-30(14-7-2)27-32(35)16-9-4/h19-22,26-27,33,36H,5-18,23-25H2,1-4H3,(H,40,41). The Hall–Kier alpha value is -2.55. The normalized spacial score (nSPS) is 21.7. The number of rotatable bonds is 12. The monoisotopic (exact) mass is 557 g/mol. The summed E-state index contributed by atoms with van der Waals surface area (Å²) in [5.74, 6) is 0.0617. The number of benzene rings is 2. The molecule has 4 rings (SSSR count). The largest absolute Gasteiger partial charge is 0.465 e. The Kier molecular flexibility index (Phi) is 11.1. The minimum atomic E-state index is -0.742. The smallest absolute Gasteiger partial charge is 0.408 e. The molecule has 41 heavy (non-hydrogen) atoms. The van der Waals surface area contributed by atoms with Crippen LogP contribution < -0.4 is 0 Å². The molecule has 2 unspecified atom stereocenters. The number of hydrogen-bond donors (Lipinski definition) is 1. The topological polar surface area (TPSA) is 40.5 Å². The zero-order chi connectivity index (χ0) is 29.4. The molecule has 0 bridgehead atoms. The number of carbonyl (C=O) groups is 1. The lowest BCUT2D eigenvalue weighted by Crippen LogP contribution is -2.59. The predicted molar refractivity (Wildman–Crippen MR) is 173 cm³/mol. The van der Waals surface area contributed by atoms with Crippen LogP contribution in [0.3, 0.4) is 0 Å². The molecular weight excluding hydrogens is 502 g/mol. The van der Waals surface area contributed by atoms with E-state index in [0.29, 0.717) is 0 Å². The van der Waals surface area contributed by atoms with Gasteiger partial charge in [0.25, 0.3) is 0 Å². The maximum atomic E-state index is 13.6. The van der Waals surface area contributed by atoms with Crippen LogP contribution in [0.5, 0.6) is 0 Å². The number of hydrogen-bond acceptors (Lipinski definition) is 1. The van der Waals surface area contributed by atoms with Crippen molar-refractivity contribution in [2.24, 2.45) is 0 Å². The van der Waals surface area contributed by atoms with Crippen molar-refractivity contribution >= 4 is 6.09 Å². The molecule has 3 nitrogen and oxygen atoms in total. The molecule has 2 fully saturated rings. The first kappa shape index (κ1) is 31.4. The highest BCUT2D eigenvalue weighted by Crippen LogP contribution is 2.56. The molecule has 1 N–H and O–H groups in total. The van der Waals surface area contributed by atoms with Crippen LogP contribution in [0.2, 0.25) is 0 Å². The summed E-state index contributed by atoms with van der Waals surface area (Å²) in [7, 11) is 0. The molecule has 0 heterocycles. The Balaban J connectivity index is 2.02. The van der Waals surface area contributed by atoms with E-state index < -0.39 is 11.6 Å². The minimum Gasteiger partial charge on any atom is -0.465 e. The highest BCUT2D eigenvalue weighted by molar-refractivity contribution is 5.68. The SMILES string of the molecule is C=C1CCC(c2ccc(CCC)cc2CCC)(N(C(=O)O)C2CCCCC2)C(c2ccc(CCC)cc2CCC)C1. The zero-order valence-corrected chi connectivity index (χ0v) is 26.4. The first-order chi connectivity index (χ1) is 19.9. The van der Waals surface area contributed by atoms with Crippen molar-refractivity contribution in [3.05, 3.63) is 81.9 Å². The summed E-state index contributed by atoms with van der Waals surface area (Å²) in [4.78, 5) is 15.6. The van der Waals surface area contributed by atoms with Gasteiger partial charge in [-0.3, -0.25) is 4.90 Å². The predicted octanol–water partition coefficient (Wildman–Crippen LogP) is 10.5. The van der Waals surface area contributed by atoms with Crippen LogP contribution in [0.15, 0.2) is 48.6 Å². The molecule has 0 saturated heterocycles. The van der Waals surface area contributed by atoms with Crippen molar-refractivity contribution in [1.29, 1.82) is 0 Å². The molecule has 2 aromatic rings. The van der Waals surface area contributed by atoms with Gasteiger partial charge in [-0.15, -0.1) is 0 Å². The van der Waals surface area contributed by atoms with E-state index in [0.717, 1.165) is 96.3 Å². The second kappa shape index (κ2) is 14.6. The van der Waals surface area contributed by atoms with Gasteiger partial charge in [0.2, 0.25) is 0 Å². The lowest BCUT2D eigenvalue weighted by Gasteiger charge is -2.55. The zero-order valence-electron chi connectivity index (χ0n) is 26.4. The van der Waals surface area contributed by atoms with Crippen molar-refractivity contribution in [2.45, 2.75) is 148 Å². The average molecular weight is 558 g/mol. The summed E-state index contributed by atoms with van der Waals surface area (Å²) >= 11 is 0. The van der Waals surface area contributed by atoms with Crippen LogP contribution in [-0.2, 0) is 31.2 Å². The highest BCUT2D eigenvalue weighted by atomic mass is 16.4. The molecule has 0 aromatic heterocycles. The molecule has 2 aromatic carbocycles. The van der Waals surface area contributed by atoms with Gasteiger partial charge in [0.1, 0.15) is 0 Å². The van der Waals surface area contributed by atoms with Gasteiger partial charge in [-0.05, 0) is 91.2 Å². The summed E-state index contributed by atoms with van der Waals surface area (Å²) in [5, 5.41) is 11.2. The van der Waals surface area contributed by atoms with Gasteiger partial charge < -0.3 is 5.11 Å². The van der Waals surface area contributed by atoms with Crippen LogP contribution in [0.4, 0.5) is 4.79 Å². The van der Waals surface area contributed by atoms with E-state index in [1.165, 1.54) is 45.4 Å². The van der Waals surface area contributed by atoms with Crippen molar-refractivity contribution < 1.29 is 9.90 Å². The van der Waals surface area contributed by atoms with Crippen LogP contribution in [0.25, 0.3) is 0 Å². The van der Waals surface area contributed by atoms with Crippen molar-refractivity contribution in [2.75, 3.05) is 0 Å². The van der Waals surface area contributed by atoms with E-state index in [2.05, 4.69) is 70.7 Å². The maximum Gasteiger partial charge on any atom is 0.408 e. The molecule has 2 aliphatic rings. The van der Waals surface area contributed by atoms with Gasteiger partial charge in [-0.25, -0.2) is 4.79 Å². The van der Waals surface area contributed by atoms with E-state index >= 15 is 0 Å². The van der Waals surface area contributed by atoms with E-state index in [4.69, 9.17) is 0 Å². The second-order valence-corrected chi connectivity index (χ2v) is 12.9. The van der Waals surface area contributed by atoms with Crippen molar-refractivity contribution in [1.82, 2.24) is 4.90 Å².